The number of benzene rings is 1. The summed E-state index contributed by atoms with van der Waals surface area (Å²) in [6, 6.07) is 7.98. The van der Waals surface area contributed by atoms with Gasteiger partial charge in [-0.15, -0.1) is 6.58 Å². The van der Waals surface area contributed by atoms with Gasteiger partial charge in [-0.25, -0.2) is 0 Å². The number of nitrogens with zero attached hydrogens (tertiary/aromatic N) is 1. The van der Waals surface area contributed by atoms with Gasteiger partial charge in [0.1, 0.15) is 0 Å². The maximum atomic E-state index is 12.2. The molecule has 0 aromatic heterocycles. The van der Waals surface area contributed by atoms with Crippen molar-refractivity contribution in [1.29, 1.82) is 0 Å². The van der Waals surface area contributed by atoms with Gasteiger partial charge in [0.2, 0.25) is 11.8 Å². The van der Waals surface area contributed by atoms with Crippen LogP contribution in [0.3, 0.4) is 0 Å². The van der Waals surface area contributed by atoms with Crippen LogP contribution in [0.15, 0.2) is 36.9 Å². The molecule has 0 spiro atoms. The SMILES string of the molecule is C=CCNC(=O)[C@H]1CC(=O)N(c2cccc(C(C)C)c2)C1. The lowest BCUT2D eigenvalue weighted by Crippen LogP contribution is -2.33. The molecule has 1 fully saturated rings. The number of hydrogen-bond donors (Lipinski definition) is 1. The lowest BCUT2D eigenvalue weighted by molar-refractivity contribution is -0.126. The Morgan fingerprint density at radius 3 is 2.95 bits per heavy atom. The van der Waals surface area contributed by atoms with E-state index in [9.17, 15) is 9.59 Å². The Morgan fingerprint density at radius 2 is 2.29 bits per heavy atom. The summed E-state index contributed by atoms with van der Waals surface area (Å²) in [5.74, 6) is 0.0647. The second-order valence-corrected chi connectivity index (χ2v) is 5.69. The largest absolute Gasteiger partial charge is 0.352 e. The predicted octanol–water partition coefficient (Wildman–Crippen LogP) is 2.47. The van der Waals surface area contributed by atoms with Gasteiger partial charge in [-0.1, -0.05) is 32.1 Å². The highest BCUT2D eigenvalue weighted by molar-refractivity contribution is 6.00. The van der Waals surface area contributed by atoms with Crippen LogP contribution in [0.25, 0.3) is 0 Å². The molecule has 0 aliphatic carbocycles. The van der Waals surface area contributed by atoms with E-state index in [1.165, 1.54) is 5.56 Å². The van der Waals surface area contributed by atoms with Crippen molar-refractivity contribution in [3.63, 3.8) is 0 Å². The Bertz CT molecular complexity index is 551. The van der Waals surface area contributed by atoms with Crippen molar-refractivity contribution in [2.45, 2.75) is 26.2 Å². The minimum atomic E-state index is -0.278. The standard InChI is InChI=1S/C17H22N2O2/c1-4-8-18-17(21)14-10-16(20)19(11-14)15-7-5-6-13(9-15)12(2)3/h4-7,9,12,14H,1,8,10-11H2,2-3H3,(H,18,21)/t14-/m0/s1. The quantitative estimate of drug-likeness (QED) is 0.845. The maximum absolute atomic E-state index is 12.2. The summed E-state index contributed by atoms with van der Waals surface area (Å²) in [6.07, 6.45) is 1.91. The third-order valence-electron chi connectivity index (χ3n) is 3.77. The van der Waals surface area contributed by atoms with E-state index in [4.69, 9.17) is 0 Å². The fraction of sp³-hybridized carbons (Fsp3) is 0.412. The molecule has 2 rings (SSSR count). The van der Waals surface area contributed by atoms with Crippen LogP contribution in [0.5, 0.6) is 0 Å². The molecule has 0 saturated carbocycles. The van der Waals surface area contributed by atoms with Gasteiger partial charge in [0.15, 0.2) is 0 Å². The van der Waals surface area contributed by atoms with Gasteiger partial charge < -0.3 is 10.2 Å². The zero-order valence-corrected chi connectivity index (χ0v) is 12.6. The molecule has 0 radical (unpaired) electrons. The highest BCUT2D eigenvalue weighted by Crippen LogP contribution is 2.27. The van der Waals surface area contributed by atoms with Gasteiger partial charge >= 0.3 is 0 Å². The van der Waals surface area contributed by atoms with Gasteiger partial charge in [-0.3, -0.25) is 9.59 Å². The molecule has 1 aromatic rings. The first-order valence-corrected chi connectivity index (χ1v) is 7.32. The Balaban J connectivity index is 2.11. The van der Waals surface area contributed by atoms with Crippen LogP contribution in [0.2, 0.25) is 0 Å². The van der Waals surface area contributed by atoms with Crippen molar-refractivity contribution in [3.8, 4) is 0 Å². The Morgan fingerprint density at radius 1 is 1.52 bits per heavy atom. The fourth-order valence-corrected chi connectivity index (χ4v) is 2.50. The molecule has 1 aliphatic rings. The molecule has 21 heavy (non-hydrogen) atoms. The molecule has 1 aromatic carbocycles. The zero-order valence-electron chi connectivity index (χ0n) is 12.6. The van der Waals surface area contributed by atoms with Crippen LogP contribution >= 0.6 is 0 Å². The van der Waals surface area contributed by atoms with Crippen molar-refractivity contribution in [2.75, 3.05) is 18.0 Å². The van der Waals surface area contributed by atoms with E-state index in [1.807, 2.05) is 18.2 Å². The van der Waals surface area contributed by atoms with Crippen LogP contribution in [0.4, 0.5) is 5.69 Å². The lowest BCUT2D eigenvalue weighted by atomic mass is 10.0. The predicted molar refractivity (Wildman–Crippen MR) is 84.2 cm³/mol. The molecule has 0 unspecified atom stereocenters. The molecule has 112 valence electrons. The van der Waals surface area contributed by atoms with Crippen LogP contribution in [0, 0.1) is 5.92 Å². The molecule has 1 saturated heterocycles. The number of nitrogens with one attached hydrogen (secondary N) is 1. The molecule has 1 heterocycles. The number of anilines is 1. The van der Waals surface area contributed by atoms with E-state index in [1.54, 1.807) is 11.0 Å². The third-order valence-corrected chi connectivity index (χ3v) is 3.77. The number of carbonyl (C=O) groups is 2. The van der Waals surface area contributed by atoms with Crippen molar-refractivity contribution in [1.82, 2.24) is 5.32 Å². The van der Waals surface area contributed by atoms with E-state index >= 15 is 0 Å². The summed E-state index contributed by atoms with van der Waals surface area (Å²) in [7, 11) is 0. The molecule has 1 atom stereocenters. The summed E-state index contributed by atoms with van der Waals surface area (Å²) in [4.78, 5) is 25.8. The molecule has 2 amide bonds. The molecule has 1 N–H and O–H groups in total. The van der Waals surface area contributed by atoms with Crippen molar-refractivity contribution >= 4 is 17.5 Å². The summed E-state index contributed by atoms with van der Waals surface area (Å²) in [5.41, 5.74) is 2.07. The van der Waals surface area contributed by atoms with Crippen LogP contribution < -0.4 is 10.2 Å². The van der Waals surface area contributed by atoms with E-state index in [0.717, 1.165) is 5.69 Å². The highest BCUT2D eigenvalue weighted by atomic mass is 16.2. The highest BCUT2D eigenvalue weighted by Gasteiger charge is 2.34. The minimum Gasteiger partial charge on any atom is -0.352 e. The van der Waals surface area contributed by atoms with Gasteiger partial charge in [0.05, 0.1) is 5.92 Å². The minimum absolute atomic E-state index is 0.00894. The third kappa shape index (κ3) is 3.51. The average molecular weight is 286 g/mol. The summed E-state index contributed by atoms with van der Waals surface area (Å²) in [5, 5.41) is 2.76. The van der Waals surface area contributed by atoms with Gasteiger partial charge in [-0.2, -0.15) is 0 Å². The monoisotopic (exact) mass is 286 g/mol. The molecular weight excluding hydrogens is 264 g/mol. The van der Waals surface area contributed by atoms with Crippen molar-refractivity contribution in [3.05, 3.63) is 42.5 Å². The number of hydrogen-bond acceptors (Lipinski definition) is 2. The van der Waals surface area contributed by atoms with Crippen molar-refractivity contribution in [2.24, 2.45) is 5.92 Å². The second kappa shape index (κ2) is 6.57. The number of carbonyl (C=O) groups excluding carboxylic acids is 2. The van der Waals surface area contributed by atoms with Crippen LogP contribution in [-0.4, -0.2) is 24.9 Å². The molecule has 0 bridgehead atoms. The molecule has 4 heteroatoms. The van der Waals surface area contributed by atoms with Gasteiger partial charge in [0, 0.05) is 25.2 Å². The van der Waals surface area contributed by atoms with Crippen LogP contribution in [-0.2, 0) is 9.59 Å². The Labute approximate surface area is 125 Å². The van der Waals surface area contributed by atoms with Gasteiger partial charge in [-0.05, 0) is 23.6 Å². The van der Waals surface area contributed by atoms with Gasteiger partial charge in [0.25, 0.3) is 0 Å². The molecule has 4 nitrogen and oxygen atoms in total. The van der Waals surface area contributed by atoms with Crippen LogP contribution in [0.1, 0.15) is 31.7 Å². The maximum Gasteiger partial charge on any atom is 0.227 e. The fourth-order valence-electron chi connectivity index (χ4n) is 2.50. The zero-order chi connectivity index (χ0) is 15.4. The number of rotatable bonds is 5. The van der Waals surface area contributed by atoms with E-state index < -0.39 is 0 Å². The summed E-state index contributed by atoms with van der Waals surface area (Å²) < 4.78 is 0. The lowest BCUT2D eigenvalue weighted by Gasteiger charge is -2.18. The molecule has 1 aliphatic heterocycles. The molecular formula is C17H22N2O2. The Hall–Kier alpha value is -2.10. The number of amides is 2. The summed E-state index contributed by atoms with van der Waals surface area (Å²) >= 11 is 0. The topological polar surface area (TPSA) is 49.4 Å². The normalized spacial score (nSPS) is 18.1. The van der Waals surface area contributed by atoms with Crippen molar-refractivity contribution < 1.29 is 9.59 Å². The first kappa shape index (κ1) is 15.3. The average Bonchev–Trinajstić information content (AvgIpc) is 2.87. The smallest absolute Gasteiger partial charge is 0.227 e. The first-order valence-electron chi connectivity index (χ1n) is 7.32. The first-order chi connectivity index (χ1) is 10.0. The second-order valence-electron chi connectivity index (χ2n) is 5.69. The Kier molecular flexibility index (Phi) is 4.78. The summed E-state index contributed by atoms with van der Waals surface area (Å²) in [6.45, 7) is 8.70. The van der Waals surface area contributed by atoms with E-state index in [-0.39, 0.29) is 24.2 Å². The van der Waals surface area contributed by atoms with E-state index in [0.29, 0.717) is 19.0 Å². The van der Waals surface area contributed by atoms with E-state index in [2.05, 4.69) is 31.8 Å².